The molecule has 2 heterocycles. The van der Waals surface area contributed by atoms with Crippen LogP contribution in [0.15, 0.2) is 65.8 Å². The van der Waals surface area contributed by atoms with Crippen molar-refractivity contribution in [3.8, 4) is 5.69 Å². The molecule has 0 radical (unpaired) electrons. The van der Waals surface area contributed by atoms with Crippen molar-refractivity contribution in [3.05, 3.63) is 82.5 Å². The third kappa shape index (κ3) is 5.63. The minimum atomic E-state index is -0.385. The van der Waals surface area contributed by atoms with E-state index in [0.717, 1.165) is 24.1 Å². The largest absolute Gasteiger partial charge is 0.462 e. The molecule has 0 saturated carbocycles. The second-order valence-corrected chi connectivity index (χ2v) is 8.24. The predicted octanol–water partition coefficient (Wildman–Crippen LogP) is 3.88. The minimum Gasteiger partial charge on any atom is -0.462 e. The average Bonchev–Trinajstić information content (AvgIpc) is 3.29. The van der Waals surface area contributed by atoms with Gasteiger partial charge in [0.25, 0.3) is 5.56 Å². The van der Waals surface area contributed by atoms with Crippen LogP contribution in [0, 0.1) is 6.92 Å². The fraction of sp³-hybridized carbons (Fsp3) is 0.269. The fourth-order valence-corrected chi connectivity index (χ4v) is 3.51. The SMILES string of the molecule is CCCCOC(=O)c1ccc(NC(=O)CCn2cnc3c(cnn3-c3ccc(C)cc3)c2=O)cc1. The Morgan fingerprint density at radius 3 is 2.51 bits per heavy atom. The molecule has 0 spiro atoms. The summed E-state index contributed by atoms with van der Waals surface area (Å²) in [5, 5.41) is 7.48. The van der Waals surface area contributed by atoms with Crippen molar-refractivity contribution in [2.45, 2.75) is 39.7 Å². The standard InChI is InChI=1S/C26H27N5O4/c1-3-4-15-35-26(34)19-7-9-20(10-8-19)29-23(32)13-14-30-17-27-24-22(25(30)33)16-28-31(24)21-11-5-18(2)6-12-21/h5-12,16-17H,3-4,13-15H2,1-2H3,(H,29,32). The number of amides is 1. The Hall–Kier alpha value is -4.27. The maximum Gasteiger partial charge on any atom is 0.338 e. The van der Waals surface area contributed by atoms with Crippen molar-refractivity contribution in [2.75, 3.05) is 11.9 Å². The summed E-state index contributed by atoms with van der Waals surface area (Å²) in [5.41, 5.74) is 3.13. The second-order valence-electron chi connectivity index (χ2n) is 8.24. The van der Waals surface area contributed by atoms with Crippen LogP contribution in [0.3, 0.4) is 0 Å². The summed E-state index contributed by atoms with van der Waals surface area (Å²) in [5.74, 6) is -0.644. The lowest BCUT2D eigenvalue weighted by Gasteiger charge is -2.08. The van der Waals surface area contributed by atoms with Crippen molar-refractivity contribution in [2.24, 2.45) is 0 Å². The van der Waals surface area contributed by atoms with E-state index in [0.29, 0.717) is 28.9 Å². The summed E-state index contributed by atoms with van der Waals surface area (Å²) in [7, 11) is 0. The van der Waals surface area contributed by atoms with Crippen molar-refractivity contribution in [3.63, 3.8) is 0 Å². The highest BCUT2D eigenvalue weighted by atomic mass is 16.5. The molecular formula is C26H27N5O4. The molecule has 4 aromatic rings. The van der Waals surface area contributed by atoms with E-state index in [9.17, 15) is 14.4 Å². The van der Waals surface area contributed by atoms with Crippen molar-refractivity contribution >= 4 is 28.6 Å². The molecule has 1 N–H and O–H groups in total. The number of anilines is 1. The molecule has 0 aliphatic heterocycles. The number of benzene rings is 2. The van der Waals surface area contributed by atoms with E-state index in [1.165, 1.54) is 17.1 Å². The van der Waals surface area contributed by atoms with Gasteiger partial charge in [-0.1, -0.05) is 31.0 Å². The van der Waals surface area contributed by atoms with Crippen molar-refractivity contribution < 1.29 is 14.3 Å². The van der Waals surface area contributed by atoms with Crippen LogP contribution in [0.5, 0.6) is 0 Å². The molecule has 2 aromatic carbocycles. The van der Waals surface area contributed by atoms with Crippen LogP contribution in [0.25, 0.3) is 16.7 Å². The molecule has 9 nitrogen and oxygen atoms in total. The smallest absolute Gasteiger partial charge is 0.338 e. The van der Waals surface area contributed by atoms with Crippen molar-refractivity contribution in [1.82, 2.24) is 19.3 Å². The maximum atomic E-state index is 12.9. The first-order valence-corrected chi connectivity index (χ1v) is 11.5. The third-order valence-electron chi connectivity index (χ3n) is 5.55. The Balaban J connectivity index is 1.37. The molecule has 2 aromatic heterocycles. The third-order valence-corrected chi connectivity index (χ3v) is 5.55. The topological polar surface area (TPSA) is 108 Å². The summed E-state index contributed by atoms with van der Waals surface area (Å²) in [6.07, 6.45) is 4.78. The lowest BCUT2D eigenvalue weighted by atomic mass is 10.2. The second kappa shape index (κ2) is 10.8. The van der Waals surface area contributed by atoms with Gasteiger partial charge in [0, 0.05) is 18.7 Å². The van der Waals surface area contributed by atoms with Crippen LogP contribution >= 0.6 is 0 Å². The molecule has 0 aliphatic carbocycles. The van der Waals surface area contributed by atoms with Gasteiger partial charge < -0.3 is 10.1 Å². The van der Waals surface area contributed by atoms with E-state index in [2.05, 4.69) is 15.4 Å². The number of aromatic nitrogens is 4. The van der Waals surface area contributed by atoms with Gasteiger partial charge in [0.1, 0.15) is 5.39 Å². The predicted molar refractivity (Wildman–Crippen MR) is 133 cm³/mol. The van der Waals surface area contributed by atoms with Gasteiger partial charge in [0.05, 0.1) is 30.4 Å². The van der Waals surface area contributed by atoms with Gasteiger partial charge in [-0.3, -0.25) is 14.2 Å². The number of ether oxygens (including phenoxy) is 1. The molecule has 4 rings (SSSR count). The number of hydrogen-bond acceptors (Lipinski definition) is 6. The van der Waals surface area contributed by atoms with Gasteiger partial charge in [0.2, 0.25) is 5.91 Å². The van der Waals surface area contributed by atoms with Gasteiger partial charge in [-0.15, -0.1) is 0 Å². The van der Waals surface area contributed by atoms with E-state index >= 15 is 0 Å². The molecule has 35 heavy (non-hydrogen) atoms. The summed E-state index contributed by atoms with van der Waals surface area (Å²) >= 11 is 0. The van der Waals surface area contributed by atoms with Gasteiger partial charge in [-0.2, -0.15) is 5.10 Å². The molecule has 0 saturated heterocycles. The molecule has 0 aliphatic rings. The number of carbonyl (C=O) groups excluding carboxylic acids is 2. The highest BCUT2D eigenvalue weighted by Crippen LogP contribution is 2.15. The minimum absolute atomic E-state index is 0.0833. The number of rotatable bonds is 9. The highest BCUT2D eigenvalue weighted by Gasteiger charge is 2.13. The van der Waals surface area contributed by atoms with E-state index < -0.39 is 0 Å². The van der Waals surface area contributed by atoms with E-state index in [-0.39, 0.29) is 30.4 Å². The zero-order valence-corrected chi connectivity index (χ0v) is 19.7. The summed E-state index contributed by atoms with van der Waals surface area (Å²) in [6, 6.07) is 14.3. The number of unbranched alkanes of at least 4 members (excludes halogenated alkanes) is 1. The summed E-state index contributed by atoms with van der Waals surface area (Å²) < 4.78 is 8.20. The van der Waals surface area contributed by atoms with E-state index in [1.54, 1.807) is 28.9 Å². The summed E-state index contributed by atoms with van der Waals surface area (Å²) in [4.78, 5) is 41.7. The first kappa shape index (κ1) is 23.9. The quantitative estimate of drug-likeness (QED) is 0.292. The van der Waals surface area contributed by atoms with Crippen LogP contribution in [-0.4, -0.2) is 37.8 Å². The number of nitrogens with zero attached hydrogens (tertiary/aromatic N) is 4. The van der Waals surface area contributed by atoms with Crippen LogP contribution in [0.2, 0.25) is 0 Å². The Bertz CT molecular complexity index is 1390. The molecule has 1 amide bonds. The molecule has 9 heteroatoms. The van der Waals surface area contributed by atoms with Crippen LogP contribution in [-0.2, 0) is 16.1 Å². The Kier molecular flexibility index (Phi) is 7.35. The number of hydrogen-bond donors (Lipinski definition) is 1. The Morgan fingerprint density at radius 2 is 1.80 bits per heavy atom. The molecular weight excluding hydrogens is 446 g/mol. The van der Waals surface area contributed by atoms with E-state index in [1.807, 2.05) is 38.1 Å². The molecule has 0 atom stereocenters. The van der Waals surface area contributed by atoms with Gasteiger partial charge >= 0.3 is 5.97 Å². The molecule has 0 fully saturated rings. The van der Waals surface area contributed by atoms with Crippen LogP contribution < -0.4 is 10.9 Å². The zero-order valence-electron chi connectivity index (χ0n) is 19.7. The number of nitrogens with one attached hydrogen (secondary N) is 1. The maximum absolute atomic E-state index is 12.9. The monoisotopic (exact) mass is 473 g/mol. The highest BCUT2D eigenvalue weighted by molar-refractivity contribution is 5.93. The summed E-state index contributed by atoms with van der Waals surface area (Å²) in [6.45, 7) is 4.58. The number of aryl methyl sites for hydroxylation is 2. The normalized spacial score (nSPS) is 10.9. The van der Waals surface area contributed by atoms with Crippen LogP contribution in [0.4, 0.5) is 5.69 Å². The lowest BCUT2D eigenvalue weighted by Crippen LogP contribution is -2.23. The first-order chi connectivity index (χ1) is 17.0. The van der Waals surface area contributed by atoms with Gasteiger partial charge in [-0.05, 0) is 49.7 Å². The Morgan fingerprint density at radius 1 is 1.06 bits per heavy atom. The zero-order chi connectivity index (χ0) is 24.8. The average molecular weight is 474 g/mol. The van der Waals surface area contributed by atoms with Crippen molar-refractivity contribution in [1.29, 1.82) is 0 Å². The Labute approximate surface area is 202 Å². The van der Waals surface area contributed by atoms with Gasteiger partial charge in [0.15, 0.2) is 5.65 Å². The molecule has 180 valence electrons. The van der Waals surface area contributed by atoms with E-state index in [4.69, 9.17) is 4.74 Å². The molecule has 0 unspecified atom stereocenters. The molecule has 0 bridgehead atoms. The fourth-order valence-electron chi connectivity index (χ4n) is 3.51. The number of carbonyl (C=O) groups is 2. The first-order valence-electron chi connectivity index (χ1n) is 11.5. The van der Waals surface area contributed by atoms with Gasteiger partial charge in [-0.25, -0.2) is 14.5 Å². The number of esters is 1. The lowest BCUT2D eigenvalue weighted by molar-refractivity contribution is -0.116. The number of fused-ring (bicyclic) bond motifs is 1. The van der Waals surface area contributed by atoms with Crippen LogP contribution in [0.1, 0.15) is 42.1 Å².